The third kappa shape index (κ3) is 2.43. The van der Waals surface area contributed by atoms with Gasteiger partial charge in [0.05, 0.1) is 0 Å². The molecule has 82 valence electrons. The fourth-order valence-corrected chi connectivity index (χ4v) is 3.06. The second-order valence-electron chi connectivity index (χ2n) is 3.29. The number of aromatic nitrogens is 1. The first-order chi connectivity index (χ1) is 7.66. The van der Waals surface area contributed by atoms with Crippen LogP contribution >= 0.6 is 23.1 Å². The molecule has 1 heterocycles. The van der Waals surface area contributed by atoms with Crippen LogP contribution in [0.1, 0.15) is 11.1 Å². The molecular formula is C11H11N3S2. The number of amidine groups is 1. The van der Waals surface area contributed by atoms with Crippen LogP contribution in [0.15, 0.2) is 39.0 Å². The smallest absolute Gasteiger partial charge is 0.154 e. The third-order valence-corrected chi connectivity index (χ3v) is 3.98. The maximum Gasteiger partial charge on any atom is 0.154 e. The number of nitrogens with one attached hydrogen (secondary N) is 1. The van der Waals surface area contributed by atoms with Crippen molar-refractivity contribution in [3.63, 3.8) is 0 Å². The highest BCUT2D eigenvalue weighted by molar-refractivity contribution is 8.01. The number of aryl methyl sites for hydroxylation is 1. The molecule has 0 unspecified atom stereocenters. The van der Waals surface area contributed by atoms with E-state index >= 15 is 0 Å². The maximum atomic E-state index is 7.40. The SMILES string of the molecule is Cc1cc(Sc2nccs2)ccc1C(=N)N. The lowest BCUT2D eigenvalue weighted by Crippen LogP contribution is -2.12. The van der Waals surface area contributed by atoms with Gasteiger partial charge in [-0.3, -0.25) is 5.41 Å². The summed E-state index contributed by atoms with van der Waals surface area (Å²) in [5, 5.41) is 9.36. The van der Waals surface area contributed by atoms with E-state index in [1.54, 1.807) is 29.3 Å². The molecule has 1 aromatic heterocycles. The fraction of sp³-hybridized carbons (Fsp3) is 0.0909. The monoisotopic (exact) mass is 249 g/mol. The van der Waals surface area contributed by atoms with E-state index in [9.17, 15) is 0 Å². The van der Waals surface area contributed by atoms with Crippen LogP contribution in [0.3, 0.4) is 0 Å². The molecule has 16 heavy (non-hydrogen) atoms. The molecule has 5 heteroatoms. The lowest BCUT2D eigenvalue weighted by molar-refractivity contribution is 1.24. The van der Waals surface area contributed by atoms with E-state index in [2.05, 4.69) is 4.98 Å². The molecule has 0 spiro atoms. The Labute approximate surface area is 102 Å². The van der Waals surface area contributed by atoms with Crippen molar-refractivity contribution in [3.05, 3.63) is 40.9 Å². The molecule has 0 radical (unpaired) electrons. The number of rotatable bonds is 3. The zero-order valence-corrected chi connectivity index (χ0v) is 10.4. The highest BCUT2D eigenvalue weighted by atomic mass is 32.2. The summed E-state index contributed by atoms with van der Waals surface area (Å²) in [6.45, 7) is 1.96. The van der Waals surface area contributed by atoms with E-state index in [0.29, 0.717) is 0 Å². The van der Waals surface area contributed by atoms with E-state index in [4.69, 9.17) is 11.1 Å². The Hall–Kier alpha value is -1.33. The third-order valence-electron chi connectivity index (χ3n) is 2.10. The lowest BCUT2D eigenvalue weighted by atomic mass is 10.1. The average molecular weight is 249 g/mol. The van der Waals surface area contributed by atoms with Gasteiger partial charge in [0.1, 0.15) is 5.84 Å². The van der Waals surface area contributed by atoms with Gasteiger partial charge in [0, 0.05) is 22.0 Å². The van der Waals surface area contributed by atoms with Crippen molar-refractivity contribution in [1.82, 2.24) is 4.98 Å². The average Bonchev–Trinajstić information content (AvgIpc) is 2.70. The maximum absolute atomic E-state index is 7.40. The minimum absolute atomic E-state index is 0.114. The van der Waals surface area contributed by atoms with Gasteiger partial charge >= 0.3 is 0 Å². The number of hydrogen-bond donors (Lipinski definition) is 2. The van der Waals surface area contributed by atoms with Crippen LogP contribution in [-0.4, -0.2) is 10.8 Å². The number of thiazole rings is 1. The molecule has 0 saturated heterocycles. The molecule has 2 aromatic rings. The Kier molecular flexibility index (Phi) is 3.26. The predicted molar refractivity (Wildman–Crippen MR) is 68.4 cm³/mol. The van der Waals surface area contributed by atoms with Gasteiger partial charge in [-0.25, -0.2) is 4.98 Å². The zero-order valence-electron chi connectivity index (χ0n) is 8.73. The second kappa shape index (κ2) is 4.67. The summed E-state index contributed by atoms with van der Waals surface area (Å²) < 4.78 is 1.02. The summed E-state index contributed by atoms with van der Waals surface area (Å²) in [5.74, 6) is 0.114. The molecule has 1 aromatic carbocycles. The summed E-state index contributed by atoms with van der Waals surface area (Å²) in [6.07, 6.45) is 1.80. The largest absolute Gasteiger partial charge is 0.384 e. The standard InChI is InChI=1S/C11H11N3S2/c1-7-6-8(2-3-9(7)10(12)13)16-11-14-4-5-15-11/h2-6H,1H3,(H3,12,13). The summed E-state index contributed by atoms with van der Waals surface area (Å²) in [5.41, 5.74) is 7.28. The van der Waals surface area contributed by atoms with Crippen LogP contribution in [-0.2, 0) is 0 Å². The van der Waals surface area contributed by atoms with Gasteiger partial charge in [0.15, 0.2) is 4.34 Å². The van der Waals surface area contributed by atoms with Crippen LogP contribution in [0.4, 0.5) is 0 Å². The highest BCUT2D eigenvalue weighted by Crippen LogP contribution is 2.30. The van der Waals surface area contributed by atoms with Gasteiger partial charge in [-0.1, -0.05) is 11.8 Å². The van der Waals surface area contributed by atoms with Crippen molar-refractivity contribution in [3.8, 4) is 0 Å². The van der Waals surface area contributed by atoms with E-state index in [1.807, 2.05) is 30.5 Å². The molecule has 0 atom stereocenters. The molecule has 0 aliphatic heterocycles. The summed E-state index contributed by atoms with van der Waals surface area (Å²) >= 11 is 3.24. The van der Waals surface area contributed by atoms with E-state index in [1.165, 1.54) is 0 Å². The second-order valence-corrected chi connectivity index (χ2v) is 5.51. The van der Waals surface area contributed by atoms with Crippen molar-refractivity contribution in [2.45, 2.75) is 16.2 Å². The molecule has 0 aliphatic carbocycles. The van der Waals surface area contributed by atoms with E-state index in [0.717, 1.165) is 20.4 Å². The first-order valence-electron chi connectivity index (χ1n) is 4.69. The molecule has 3 nitrogen and oxygen atoms in total. The normalized spacial score (nSPS) is 10.3. The van der Waals surface area contributed by atoms with E-state index < -0.39 is 0 Å². The van der Waals surface area contributed by atoms with Crippen molar-refractivity contribution in [2.75, 3.05) is 0 Å². The first-order valence-corrected chi connectivity index (χ1v) is 6.39. The number of benzene rings is 1. The lowest BCUT2D eigenvalue weighted by Gasteiger charge is -2.05. The Morgan fingerprint density at radius 1 is 1.50 bits per heavy atom. The van der Waals surface area contributed by atoms with Gasteiger partial charge in [-0.15, -0.1) is 11.3 Å². The van der Waals surface area contributed by atoms with Crippen molar-refractivity contribution in [1.29, 1.82) is 5.41 Å². The number of hydrogen-bond acceptors (Lipinski definition) is 4. The van der Waals surface area contributed by atoms with Crippen molar-refractivity contribution < 1.29 is 0 Å². The van der Waals surface area contributed by atoms with Gasteiger partial charge in [0.25, 0.3) is 0 Å². The number of nitrogen functional groups attached to an aromatic ring is 1. The minimum Gasteiger partial charge on any atom is -0.384 e. The predicted octanol–water partition coefficient (Wildman–Crippen LogP) is 2.89. The molecule has 0 amide bonds. The summed E-state index contributed by atoms with van der Waals surface area (Å²) in [7, 11) is 0. The molecule has 0 saturated carbocycles. The van der Waals surface area contributed by atoms with Crippen LogP contribution in [0.25, 0.3) is 0 Å². The first kappa shape index (κ1) is 11.2. The molecule has 2 rings (SSSR count). The van der Waals surface area contributed by atoms with Crippen molar-refractivity contribution >= 4 is 28.9 Å². The molecule has 0 aliphatic rings. The molecular weight excluding hydrogens is 238 g/mol. The zero-order chi connectivity index (χ0) is 11.5. The summed E-state index contributed by atoms with van der Waals surface area (Å²) in [6, 6.07) is 5.88. The van der Waals surface area contributed by atoms with Crippen LogP contribution in [0, 0.1) is 12.3 Å². The molecule has 0 fully saturated rings. The van der Waals surface area contributed by atoms with Crippen LogP contribution in [0.2, 0.25) is 0 Å². The van der Waals surface area contributed by atoms with Gasteiger partial charge in [-0.05, 0) is 30.7 Å². The topological polar surface area (TPSA) is 62.8 Å². The molecule has 3 N–H and O–H groups in total. The summed E-state index contributed by atoms with van der Waals surface area (Å²) in [4.78, 5) is 5.34. The van der Waals surface area contributed by atoms with E-state index in [-0.39, 0.29) is 5.84 Å². The van der Waals surface area contributed by atoms with Crippen LogP contribution < -0.4 is 5.73 Å². The van der Waals surface area contributed by atoms with Crippen LogP contribution in [0.5, 0.6) is 0 Å². The van der Waals surface area contributed by atoms with Gasteiger partial charge < -0.3 is 5.73 Å². The Balaban J connectivity index is 2.24. The minimum atomic E-state index is 0.114. The number of nitrogens with zero attached hydrogens (tertiary/aromatic N) is 1. The Morgan fingerprint density at radius 2 is 2.31 bits per heavy atom. The Morgan fingerprint density at radius 3 is 2.88 bits per heavy atom. The fourth-order valence-electron chi connectivity index (χ4n) is 1.36. The number of nitrogens with two attached hydrogens (primary N) is 1. The quantitative estimate of drug-likeness (QED) is 0.649. The van der Waals surface area contributed by atoms with Gasteiger partial charge in [0.2, 0.25) is 0 Å². The van der Waals surface area contributed by atoms with Crippen molar-refractivity contribution in [2.24, 2.45) is 5.73 Å². The highest BCUT2D eigenvalue weighted by Gasteiger charge is 2.04. The van der Waals surface area contributed by atoms with Gasteiger partial charge in [-0.2, -0.15) is 0 Å². The Bertz CT molecular complexity index is 506. The molecule has 0 bridgehead atoms.